The summed E-state index contributed by atoms with van der Waals surface area (Å²) in [6.45, 7) is 0. The SMILES string of the molecule is O=C(O)[C@H]1CCCC[C@H]1C(=O)c1cc(F)cc(F)c1. The van der Waals surface area contributed by atoms with Gasteiger partial charge in [-0.25, -0.2) is 8.78 Å². The minimum absolute atomic E-state index is 0.0874. The number of ketones is 1. The molecule has 0 spiro atoms. The lowest BCUT2D eigenvalue weighted by atomic mass is 9.75. The maximum absolute atomic E-state index is 13.1. The Kier molecular flexibility index (Phi) is 3.93. The first-order chi connectivity index (χ1) is 8.99. The molecular formula is C14H14F2O3. The Labute approximate surface area is 109 Å². The summed E-state index contributed by atoms with van der Waals surface area (Å²) in [4.78, 5) is 23.4. The Hall–Kier alpha value is -1.78. The van der Waals surface area contributed by atoms with Crippen LogP contribution in [0, 0.1) is 23.5 Å². The van der Waals surface area contributed by atoms with Gasteiger partial charge in [0.15, 0.2) is 5.78 Å². The van der Waals surface area contributed by atoms with Gasteiger partial charge in [0.2, 0.25) is 0 Å². The van der Waals surface area contributed by atoms with Crippen molar-refractivity contribution < 1.29 is 23.5 Å². The molecule has 0 unspecified atom stereocenters. The average molecular weight is 268 g/mol. The number of Topliss-reactive ketones (excluding diaryl/α,β-unsaturated/α-hetero) is 1. The van der Waals surface area contributed by atoms with Crippen molar-refractivity contribution in [1.29, 1.82) is 0 Å². The highest BCUT2D eigenvalue weighted by atomic mass is 19.1. The minimum Gasteiger partial charge on any atom is -0.481 e. The number of carboxylic acid groups (broad SMARTS) is 1. The van der Waals surface area contributed by atoms with E-state index >= 15 is 0 Å². The van der Waals surface area contributed by atoms with Gasteiger partial charge in [0.1, 0.15) is 11.6 Å². The highest BCUT2D eigenvalue weighted by Crippen LogP contribution is 2.33. The summed E-state index contributed by atoms with van der Waals surface area (Å²) in [5.41, 5.74) is -0.0874. The van der Waals surface area contributed by atoms with Gasteiger partial charge in [-0.3, -0.25) is 9.59 Å². The van der Waals surface area contributed by atoms with Gasteiger partial charge in [-0.1, -0.05) is 12.8 Å². The van der Waals surface area contributed by atoms with Crippen LogP contribution in [0.2, 0.25) is 0 Å². The predicted octanol–water partition coefficient (Wildman–Crippen LogP) is 3.04. The molecule has 1 N–H and O–H groups in total. The van der Waals surface area contributed by atoms with E-state index in [1.54, 1.807) is 0 Å². The first-order valence-electron chi connectivity index (χ1n) is 6.22. The first-order valence-corrected chi connectivity index (χ1v) is 6.22. The normalized spacial score (nSPS) is 23.1. The quantitative estimate of drug-likeness (QED) is 0.857. The molecule has 0 bridgehead atoms. The van der Waals surface area contributed by atoms with Crippen LogP contribution < -0.4 is 0 Å². The fourth-order valence-electron chi connectivity index (χ4n) is 2.65. The van der Waals surface area contributed by atoms with Crippen molar-refractivity contribution in [2.45, 2.75) is 25.7 Å². The summed E-state index contributed by atoms with van der Waals surface area (Å²) in [5, 5.41) is 9.11. The van der Waals surface area contributed by atoms with Gasteiger partial charge in [0, 0.05) is 17.5 Å². The van der Waals surface area contributed by atoms with Crippen molar-refractivity contribution in [1.82, 2.24) is 0 Å². The van der Waals surface area contributed by atoms with E-state index in [0.29, 0.717) is 18.9 Å². The zero-order valence-electron chi connectivity index (χ0n) is 10.2. The highest BCUT2D eigenvalue weighted by molar-refractivity contribution is 6.00. The smallest absolute Gasteiger partial charge is 0.307 e. The Morgan fingerprint density at radius 2 is 1.53 bits per heavy atom. The lowest BCUT2D eigenvalue weighted by Gasteiger charge is -2.27. The molecule has 0 radical (unpaired) electrons. The van der Waals surface area contributed by atoms with Crippen molar-refractivity contribution >= 4 is 11.8 Å². The molecule has 102 valence electrons. The second kappa shape index (κ2) is 5.47. The van der Waals surface area contributed by atoms with E-state index in [4.69, 9.17) is 5.11 Å². The number of halogens is 2. The van der Waals surface area contributed by atoms with Crippen molar-refractivity contribution in [2.24, 2.45) is 11.8 Å². The topological polar surface area (TPSA) is 54.4 Å². The molecule has 0 heterocycles. The van der Waals surface area contributed by atoms with E-state index in [-0.39, 0.29) is 5.56 Å². The number of carbonyl (C=O) groups is 2. The van der Waals surface area contributed by atoms with Gasteiger partial charge in [0.25, 0.3) is 0 Å². The van der Waals surface area contributed by atoms with Gasteiger partial charge >= 0.3 is 5.97 Å². The lowest BCUT2D eigenvalue weighted by Crippen LogP contribution is -2.32. The Morgan fingerprint density at radius 3 is 2.05 bits per heavy atom. The minimum atomic E-state index is -1.02. The second-order valence-electron chi connectivity index (χ2n) is 4.86. The second-order valence-corrected chi connectivity index (χ2v) is 4.86. The van der Waals surface area contributed by atoms with Gasteiger partial charge in [-0.15, -0.1) is 0 Å². The van der Waals surface area contributed by atoms with Gasteiger partial charge < -0.3 is 5.11 Å². The first kappa shape index (κ1) is 13.6. The van der Waals surface area contributed by atoms with Crippen molar-refractivity contribution in [3.8, 4) is 0 Å². The molecule has 1 aromatic rings. The number of aliphatic carboxylic acids is 1. The fraction of sp³-hybridized carbons (Fsp3) is 0.429. The average Bonchev–Trinajstić information content (AvgIpc) is 2.36. The van der Waals surface area contributed by atoms with Crippen LogP contribution in [-0.2, 0) is 4.79 Å². The van der Waals surface area contributed by atoms with Crippen LogP contribution in [0.15, 0.2) is 18.2 Å². The molecule has 1 aliphatic carbocycles. The fourth-order valence-corrected chi connectivity index (χ4v) is 2.65. The van der Waals surface area contributed by atoms with Crippen molar-refractivity contribution in [3.05, 3.63) is 35.4 Å². The van der Waals surface area contributed by atoms with Gasteiger partial charge in [0.05, 0.1) is 5.92 Å². The summed E-state index contributed by atoms with van der Waals surface area (Å²) in [6.07, 6.45) is 2.41. The van der Waals surface area contributed by atoms with Crippen LogP contribution in [-0.4, -0.2) is 16.9 Å². The Balaban J connectivity index is 2.28. The molecule has 1 aliphatic rings. The van der Waals surface area contributed by atoms with Crippen LogP contribution in [0.4, 0.5) is 8.78 Å². The third kappa shape index (κ3) is 2.97. The van der Waals surface area contributed by atoms with Crippen LogP contribution in [0.3, 0.4) is 0 Å². The number of hydrogen-bond acceptors (Lipinski definition) is 2. The number of carboxylic acids is 1. The summed E-state index contributed by atoms with van der Waals surface area (Å²) in [7, 11) is 0. The molecule has 1 aromatic carbocycles. The number of benzene rings is 1. The van der Waals surface area contributed by atoms with Gasteiger partial charge in [-0.2, -0.15) is 0 Å². The maximum Gasteiger partial charge on any atom is 0.307 e. The molecule has 5 heteroatoms. The number of rotatable bonds is 3. The van der Waals surface area contributed by atoms with Crippen LogP contribution in [0.5, 0.6) is 0 Å². The molecule has 0 aromatic heterocycles. The third-order valence-corrected chi connectivity index (χ3v) is 3.57. The standard InChI is InChI=1S/C14H14F2O3/c15-9-5-8(6-10(16)7-9)13(17)11-3-1-2-4-12(11)14(18)19/h5-7,11-12H,1-4H2,(H,18,19)/t11-,12+/m1/s1. The Morgan fingerprint density at radius 1 is 1.00 bits per heavy atom. The molecule has 3 nitrogen and oxygen atoms in total. The monoisotopic (exact) mass is 268 g/mol. The van der Waals surface area contributed by atoms with E-state index in [1.807, 2.05) is 0 Å². The lowest BCUT2D eigenvalue weighted by molar-refractivity contribution is -0.144. The van der Waals surface area contributed by atoms with E-state index in [2.05, 4.69) is 0 Å². The zero-order valence-corrected chi connectivity index (χ0v) is 10.2. The molecule has 19 heavy (non-hydrogen) atoms. The molecule has 0 amide bonds. The summed E-state index contributed by atoms with van der Waals surface area (Å²) < 4.78 is 26.2. The highest BCUT2D eigenvalue weighted by Gasteiger charge is 2.36. The summed E-state index contributed by atoms with van der Waals surface area (Å²) in [6, 6.07) is 2.60. The molecule has 2 rings (SSSR count). The van der Waals surface area contributed by atoms with E-state index in [9.17, 15) is 18.4 Å². The van der Waals surface area contributed by atoms with E-state index < -0.39 is 35.2 Å². The summed E-state index contributed by atoms with van der Waals surface area (Å²) >= 11 is 0. The van der Waals surface area contributed by atoms with Crippen LogP contribution in [0.25, 0.3) is 0 Å². The Bertz CT molecular complexity index is 493. The molecule has 1 saturated carbocycles. The van der Waals surface area contributed by atoms with Crippen molar-refractivity contribution in [3.63, 3.8) is 0 Å². The van der Waals surface area contributed by atoms with Crippen LogP contribution >= 0.6 is 0 Å². The number of carbonyl (C=O) groups excluding carboxylic acids is 1. The van der Waals surface area contributed by atoms with E-state index in [0.717, 1.165) is 25.0 Å². The molecule has 2 atom stereocenters. The molecule has 0 saturated heterocycles. The van der Waals surface area contributed by atoms with E-state index in [1.165, 1.54) is 0 Å². The molecule has 0 aliphatic heterocycles. The molecular weight excluding hydrogens is 254 g/mol. The zero-order chi connectivity index (χ0) is 14.0. The number of hydrogen-bond donors (Lipinski definition) is 1. The largest absolute Gasteiger partial charge is 0.481 e. The third-order valence-electron chi connectivity index (χ3n) is 3.57. The van der Waals surface area contributed by atoms with Crippen molar-refractivity contribution in [2.75, 3.05) is 0 Å². The predicted molar refractivity (Wildman–Crippen MR) is 63.8 cm³/mol. The maximum atomic E-state index is 13.1. The summed E-state index contributed by atoms with van der Waals surface area (Å²) in [5.74, 6) is -4.60. The van der Waals surface area contributed by atoms with Gasteiger partial charge in [-0.05, 0) is 25.0 Å². The van der Waals surface area contributed by atoms with Crippen LogP contribution in [0.1, 0.15) is 36.0 Å². The molecule has 1 fully saturated rings.